The molecule has 7 aromatic heterocycles. The Morgan fingerprint density at radius 2 is 1.27 bits per heavy atom. The summed E-state index contributed by atoms with van der Waals surface area (Å²) < 4.78 is 0. The van der Waals surface area contributed by atoms with E-state index in [4.69, 9.17) is 31.4 Å². The van der Waals surface area contributed by atoms with Crippen LogP contribution in [-0.2, 0) is 16.0 Å². The SMILES string of the molecule is Cc1sc2nc1C(=O)N[C@@H]([C@H](O)c1ccccc1)c1nc(cs1)C(=O)N[C@@H](Cc1ccc(O)cc1)C(=O)N[C@@H]([C@@H](C)[C@@H](O)CNCCO)c1nc(cs1)-c1nc(cs1)-c1nc(-c3nc(C(N)=O)cs3)ccc1-c1nc(cs1)C(=O)N[C@H]2CC(N)=O. The number of primary amides is 2. The summed E-state index contributed by atoms with van der Waals surface area (Å²) in [4.78, 5) is 116. The molecule has 1 aliphatic heterocycles. The Balaban J connectivity index is 1.09. The van der Waals surface area contributed by atoms with Gasteiger partial charge in [0.25, 0.3) is 23.6 Å². The lowest BCUT2D eigenvalue weighted by Crippen LogP contribution is -2.51. The van der Waals surface area contributed by atoms with Crippen LogP contribution in [0.25, 0.3) is 43.4 Å². The third kappa shape index (κ3) is 13.8. The van der Waals surface area contributed by atoms with Crippen molar-refractivity contribution in [2.75, 3.05) is 19.7 Å². The maximum atomic E-state index is 14.9. The maximum Gasteiger partial charge on any atom is 0.271 e. The summed E-state index contributed by atoms with van der Waals surface area (Å²) in [6.07, 6.45) is -3.02. The van der Waals surface area contributed by atoms with E-state index in [9.17, 15) is 49.2 Å². The number of pyridine rings is 1. The van der Waals surface area contributed by atoms with Gasteiger partial charge >= 0.3 is 0 Å². The molecular weight excluding hydrogens is 1210 g/mol. The van der Waals surface area contributed by atoms with Crippen LogP contribution < -0.4 is 38.1 Å². The number of nitrogens with one attached hydrogen (secondary N) is 5. The van der Waals surface area contributed by atoms with Crippen molar-refractivity contribution in [2.45, 2.75) is 63.1 Å². The molecule has 0 saturated heterocycles. The molecule has 10 bridgehead atoms. The zero-order valence-corrected chi connectivity index (χ0v) is 49.7. The van der Waals surface area contributed by atoms with Crippen molar-refractivity contribution in [3.05, 3.63) is 147 Å². The molecule has 2 aromatic carbocycles. The molecule has 9 aromatic rings. The molecule has 8 heterocycles. The van der Waals surface area contributed by atoms with Gasteiger partial charge in [0, 0.05) is 62.8 Å². The minimum absolute atomic E-state index is 0.0253. The van der Waals surface area contributed by atoms with Gasteiger partial charge in [0.05, 0.1) is 36.9 Å². The summed E-state index contributed by atoms with van der Waals surface area (Å²) in [5.74, 6) is -5.19. The van der Waals surface area contributed by atoms with E-state index in [1.165, 1.54) is 50.9 Å². The predicted molar refractivity (Wildman–Crippen MR) is 321 cm³/mol. The van der Waals surface area contributed by atoms with Crippen LogP contribution in [-0.4, -0.2) is 123 Å². The number of phenols is 1. The van der Waals surface area contributed by atoms with E-state index in [1.54, 1.807) is 79.2 Å². The number of aliphatic hydroxyl groups excluding tert-OH is 3. The monoisotopic (exact) mass is 1260 g/mol. The van der Waals surface area contributed by atoms with Crippen LogP contribution >= 0.6 is 68.0 Å². The Kier molecular flexibility index (Phi) is 18.6. The summed E-state index contributed by atoms with van der Waals surface area (Å²) in [7, 11) is 0. The fourth-order valence-corrected chi connectivity index (χ4v) is 14.2. The van der Waals surface area contributed by atoms with Gasteiger partial charge in [-0.25, -0.2) is 34.9 Å². The largest absolute Gasteiger partial charge is 0.508 e. The summed E-state index contributed by atoms with van der Waals surface area (Å²) in [6, 6.07) is 13.2. The van der Waals surface area contributed by atoms with E-state index in [1.807, 2.05) is 0 Å². The molecule has 30 heteroatoms. The number of aliphatic hydroxyl groups is 3. The Labute approximate surface area is 507 Å². The first-order chi connectivity index (χ1) is 40.9. The second kappa shape index (κ2) is 26.4. The van der Waals surface area contributed by atoms with Crippen molar-refractivity contribution in [3.63, 3.8) is 0 Å². The highest BCUT2D eigenvalue weighted by Crippen LogP contribution is 2.40. The van der Waals surface area contributed by atoms with Gasteiger partial charge in [-0.15, -0.1) is 68.0 Å². The van der Waals surface area contributed by atoms with E-state index in [-0.39, 0.29) is 64.7 Å². The molecule has 438 valence electrons. The Hall–Kier alpha value is -8.17. The minimum Gasteiger partial charge on any atom is -0.508 e. The summed E-state index contributed by atoms with van der Waals surface area (Å²) in [5.41, 5.74) is 13.9. The first-order valence-corrected chi connectivity index (χ1v) is 31.2. The third-order valence-corrected chi connectivity index (χ3v) is 19.0. The zero-order valence-electron chi connectivity index (χ0n) is 44.8. The summed E-state index contributed by atoms with van der Waals surface area (Å²) >= 11 is 6.71. The van der Waals surface area contributed by atoms with Gasteiger partial charge in [-0.2, -0.15) is 0 Å². The number of benzene rings is 2. The number of fused-ring (bicyclic) bond motifs is 14. The molecule has 10 rings (SSSR count). The lowest BCUT2D eigenvalue weighted by molar-refractivity contribution is -0.124. The number of aromatic nitrogens is 7. The van der Waals surface area contributed by atoms with Crippen LogP contribution in [0.2, 0.25) is 0 Å². The lowest BCUT2D eigenvalue weighted by atomic mass is 9.94. The number of hydrogen-bond donors (Lipinski definition) is 11. The van der Waals surface area contributed by atoms with Gasteiger partial charge in [-0.1, -0.05) is 49.4 Å². The van der Waals surface area contributed by atoms with Crippen LogP contribution in [0, 0.1) is 12.8 Å². The fourth-order valence-electron chi connectivity index (χ4n) is 8.97. The van der Waals surface area contributed by atoms with Crippen molar-refractivity contribution in [3.8, 4) is 49.1 Å². The van der Waals surface area contributed by atoms with Gasteiger partial charge < -0.3 is 58.5 Å². The smallest absolute Gasteiger partial charge is 0.271 e. The van der Waals surface area contributed by atoms with Crippen LogP contribution in [0.5, 0.6) is 5.75 Å². The number of amides is 6. The highest BCUT2D eigenvalue weighted by molar-refractivity contribution is 7.15. The van der Waals surface area contributed by atoms with Gasteiger partial charge in [-0.05, 0) is 42.3 Å². The molecule has 0 fully saturated rings. The van der Waals surface area contributed by atoms with Gasteiger partial charge in [0.1, 0.15) is 93.8 Å². The number of nitrogens with zero attached hydrogens (tertiary/aromatic N) is 7. The molecule has 24 nitrogen and oxygen atoms in total. The summed E-state index contributed by atoms with van der Waals surface area (Å²) in [6.45, 7) is 3.38. The number of rotatable bonds is 14. The minimum atomic E-state index is -1.43. The van der Waals surface area contributed by atoms with Crippen LogP contribution in [0.15, 0.2) is 93.6 Å². The Morgan fingerprint density at radius 1 is 0.635 bits per heavy atom. The zero-order chi connectivity index (χ0) is 60.1. The topological polar surface area (TPSA) is 386 Å². The highest BCUT2D eigenvalue weighted by Gasteiger charge is 2.36. The van der Waals surface area contributed by atoms with E-state index in [2.05, 4.69) is 41.5 Å². The molecule has 7 atom stereocenters. The van der Waals surface area contributed by atoms with Crippen molar-refractivity contribution < 1.29 is 49.2 Å². The van der Waals surface area contributed by atoms with Gasteiger partial charge in [-0.3, -0.25) is 28.8 Å². The van der Waals surface area contributed by atoms with E-state index in [0.29, 0.717) is 64.4 Å². The number of nitrogens with two attached hydrogens (primary N) is 2. The van der Waals surface area contributed by atoms with Crippen molar-refractivity contribution in [2.24, 2.45) is 17.4 Å². The molecule has 13 N–H and O–H groups in total. The molecule has 0 saturated carbocycles. The fraction of sp³-hybridized carbons (Fsp3) is 0.255. The second-order valence-electron chi connectivity index (χ2n) is 19.4. The predicted octanol–water partition coefficient (Wildman–Crippen LogP) is 5.24. The van der Waals surface area contributed by atoms with Crippen molar-refractivity contribution in [1.82, 2.24) is 61.5 Å². The molecular formula is C55H52N14O10S6. The van der Waals surface area contributed by atoms with Crippen molar-refractivity contribution in [1.29, 1.82) is 0 Å². The molecule has 85 heavy (non-hydrogen) atoms. The molecule has 0 radical (unpaired) electrons. The van der Waals surface area contributed by atoms with Gasteiger partial charge in [0.15, 0.2) is 0 Å². The number of phenolic OH excluding ortho intramolecular Hbond substituents is 1. The van der Waals surface area contributed by atoms with Gasteiger partial charge in [0.2, 0.25) is 11.8 Å². The maximum absolute atomic E-state index is 14.9. The van der Waals surface area contributed by atoms with Crippen LogP contribution in [0.4, 0.5) is 0 Å². The molecule has 0 aliphatic carbocycles. The van der Waals surface area contributed by atoms with E-state index < -0.39 is 84.2 Å². The summed E-state index contributed by atoms with van der Waals surface area (Å²) in [5, 5.41) is 67.6. The average molecular weight is 1260 g/mol. The Morgan fingerprint density at radius 3 is 1.99 bits per heavy atom. The number of aryl methyl sites for hydroxylation is 1. The van der Waals surface area contributed by atoms with Crippen LogP contribution in [0.1, 0.15) is 111 Å². The first-order valence-electron chi connectivity index (χ1n) is 26.0. The van der Waals surface area contributed by atoms with Crippen LogP contribution in [0.3, 0.4) is 0 Å². The molecule has 0 unspecified atom stereocenters. The standard InChI is InChI=1S/C55H52N14O10S6/c1-24(38(72)18-58-14-15-70)40-54-66-37(23-84-54)52-62-33(19-81-52)42-29(12-13-30(59-42)51-63-34(20-82-51)45(57)75)50-64-35(21-80-50)48(78)61-32(17-39(56)73)53-69-41(25(2)85-53)49(79)68-43(44(74)27-6-4-3-5-7-27)55-65-36(22-83-55)47(77)60-31(46(76)67-40)16-26-8-10-28(71)11-9-26/h3-13,19-24,31-32,38,40,43-44,58,70-72,74H,14-18H2,1-2H3,(H2,56,73)(H2,57,75)(H,60,77)(H,61,78)(H,67,76)(H,68,79)/t24-,31-,32-,38-,40-,43-,44+/m0/s1. The number of thiazole rings is 6. The average Bonchev–Trinajstić information content (AvgIpc) is 3.73. The number of aromatic hydroxyl groups is 1. The Bertz CT molecular complexity index is 3920. The quantitative estimate of drug-likeness (QED) is 0.0620. The van der Waals surface area contributed by atoms with Crippen molar-refractivity contribution >= 4 is 103 Å². The number of hydrogen-bond acceptors (Lipinski definition) is 24. The second-order valence-corrected chi connectivity index (χ2v) is 25.0. The van der Waals surface area contributed by atoms with E-state index in [0.717, 1.165) is 45.3 Å². The highest BCUT2D eigenvalue weighted by atomic mass is 32.1. The van der Waals surface area contributed by atoms with E-state index >= 15 is 0 Å². The molecule has 1 aliphatic rings. The normalized spacial score (nSPS) is 17.8. The lowest BCUT2D eigenvalue weighted by Gasteiger charge is -2.29. The molecule has 6 amide bonds. The molecule has 0 spiro atoms. The third-order valence-electron chi connectivity index (χ3n) is 13.5. The number of carbonyl (C=O) groups is 6. The first kappa shape index (κ1) is 60.0. The number of carbonyl (C=O) groups excluding carboxylic acids is 6.